The number of aliphatic carboxylic acids is 2. The zero-order valence-corrected chi connectivity index (χ0v) is 12.7. The summed E-state index contributed by atoms with van der Waals surface area (Å²) >= 11 is 1.27. The summed E-state index contributed by atoms with van der Waals surface area (Å²) in [5.74, 6) is -3.20. The summed E-state index contributed by atoms with van der Waals surface area (Å²) < 4.78 is 0. The number of carbonyl (C=O) groups is 4. The number of rotatable bonds is 6. The van der Waals surface area contributed by atoms with E-state index in [9.17, 15) is 24.3 Å². The molecule has 3 N–H and O–H groups in total. The molecule has 0 bridgehead atoms. The van der Waals surface area contributed by atoms with Crippen molar-refractivity contribution in [2.45, 2.75) is 18.3 Å². The number of amides is 2. The third kappa shape index (κ3) is 3.44. The van der Waals surface area contributed by atoms with Crippen molar-refractivity contribution in [3.63, 3.8) is 0 Å². The second-order valence-corrected chi connectivity index (χ2v) is 5.77. The molecule has 0 aromatic heterocycles. The van der Waals surface area contributed by atoms with Crippen LogP contribution in [0.2, 0.25) is 0 Å². The Hall–Kier alpha value is -2.56. The van der Waals surface area contributed by atoms with Crippen LogP contribution in [0.4, 0.5) is 0 Å². The average Bonchev–Trinajstić information content (AvgIpc) is 2.47. The first kappa shape index (κ1) is 16.8. The molecular formula is C12H13N3O7S. The lowest BCUT2D eigenvalue weighted by Crippen LogP contribution is -2.70. The number of β-lactam (4-membered cyclic amide) rings is 1. The van der Waals surface area contributed by atoms with Crippen LogP contribution in [0.1, 0.15) is 6.92 Å². The predicted molar refractivity (Wildman–Crippen MR) is 77.4 cm³/mol. The second kappa shape index (κ2) is 6.69. The number of hydrogen-bond donors (Lipinski definition) is 3. The van der Waals surface area contributed by atoms with Crippen molar-refractivity contribution in [1.82, 2.24) is 10.2 Å². The monoisotopic (exact) mass is 343 g/mol. The van der Waals surface area contributed by atoms with Crippen molar-refractivity contribution in [3.8, 4) is 0 Å². The van der Waals surface area contributed by atoms with Gasteiger partial charge < -0.3 is 20.4 Å². The SMILES string of the molecule is CC(=O)N[C@@H]1C(=O)N2C(C(=O)O)=C(/C=N/OCC(=O)O)CS[C@H]12. The molecule has 0 aromatic carbocycles. The van der Waals surface area contributed by atoms with Gasteiger partial charge in [0.15, 0.2) is 0 Å². The molecule has 23 heavy (non-hydrogen) atoms. The summed E-state index contributed by atoms with van der Waals surface area (Å²) in [4.78, 5) is 50.4. The number of fused-ring (bicyclic) bond motifs is 1. The Morgan fingerprint density at radius 3 is 2.74 bits per heavy atom. The van der Waals surface area contributed by atoms with Gasteiger partial charge in [0.2, 0.25) is 12.5 Å². The number of carboxylic acids is 2. The van der Waals surface area contributed by atoms with Crippen LogP contribution in [0.25, 0.3) is 0 Å². The molecule has 0 saturated carbocycles. The van der Waals surface area contributed by atoms with Crippen LogP contribution in [0.5, 0.6) is 0 Å². The van der Waals surface area contributed by atoms with E-state index in [2.05, 4.69) is 15.3 Å². The van der Waals surface area contributed by atoms with Gasteiger partial charge in [0.25, 0.3) is 5.91 Å². The summed E-state index contributed by atoms with van der Waals surface area (Å²) in [6, 6.07) is -0.756. The largest absolute Gasteiger partial charge is 0.479 e. The van der Waals surface area contributed by atoms with E-state index in [0.717, 1.165) is 11.1 Å². The fourth-order valence-corrected chi connectivity index (χ4v) is 3.45. The van der Waals surface area contributed by atoms with Gasteiger partial charge >= 0.3 is 11.9 Å². The zero-order chi connectivity index (χ0) is 17.1. The second-order valence-electron chi connectivity index (χ2n) is 4.67. The molecule has 1 saturated heterocycles. The molecule has 0 aliphatic carbocycles. The Labute approximate surface area is 134 Å². The molecule has 2 amide bonds. The van der Waals surface area contributed by atoms with Crippen LogP contribution in [0.15, 0.2) is 16.4 Å². The average molecular weight is 343 g/mol. The van der Waals surface area contributed by atoms with E-state index in [1.54, 1.807) is 0 Å². The highest BCUT2D eigenvalue weighted by Crippen LogP contribution is 2.39. The third-order valence-corrected chi connectivity index (χ3v) is 4.33. The maximum absolute atomic E-state index is 12.1. The minimum atomic E-state index is -1.32. The highest BCUT2D eigenvalue weighted by atomic mass is 32.2. The lowest BCUT2D eigenvalue weighted by Gasteiger charge is -2.49. The Morgan fingerprint density at radius 2 is 2.17 bits per heavy atom. The minimum absolute atomic E-state index is 0.221. The fraction of sp³-hybridized carbons (Fsp3) is 0.417. The molecule has 1 fully saturated rings. The topological polar surface area (TPSA) is 146 Å². The Kier molecular flexibility index (Phi) is 4.89. The van der Waals surface area contributed by atoms with E-state index < -0.39 is 35.9 Å². The van der Waals surface area contributed by atoms with E-state index in [1.807, 2.05) is 0 Å². The molecule has 0 spiro atoms. The van der Waals surface area contributed by atoms with Crippen molar-refractivity contribution in [2.24, 2.45) is 5.16 Å². The molecule has 11 heteroatoms. The Bertz CT molecular complexity index is 630. The van der Waals surface area contributed by atoms with Crippen LogP contribution >= 0.6 is 11.8 Å². The quantitative estimate of drug-likeness (QED) is 0.311. The number of carboxylic acid groups (broad SMARTS) is 2. The normalized spacial score (nSPS) is 23.3. The van der Waals surface area contributed by atoms with E-state index >= 15 is 0 Å². The van der Waals surface area contributed by atoms with Gasteiger partial charge in [0.05, 0.1) is 6.21 Å². The number of carbonyl (C=O) groups excluding carboxylic acids is 2. The Morgan fingerprint density at radius 1 is 1.48 bits per heavy atom. The van der Waals surface area contributed by atoms with Gasteiger partial charge in [-0.05, 0) is 0 Å². The Balaban J connectivity index is 2.17. The van der Waals surface area contributed by atoms with Crippen LogP contribution in [-0.2, 0) is 24.0 Å². The first-order chi connectivity index (χ1) is 10.8. The van der Waals surface area contributed by atoms with Crippen LogP contribution in [0, 0.1) is 0 Å². The highest BCUT2D eigenvalue weighted by molar-refractivity contribution is 8.00. The van der Waals surface area contributed by atoms with Crippen LogP contribution < -0.4 is 5.32 Å². The van der Waals surface area contributed by atoms with Gasteiger partial charge in [-0.25, -0.2) is 9.59 Å². The molecule has 2 rings (SSSR count). The van der Waals surface area contributed by atoms with Gasteiger partial charge in [0, 0.05) is 18.2 Å². The molecule has 0 unspecified atom stereocenters. The zero-order valence-electron chi connectivity index (χ0n) is 11.9. The smallest absolute Gasteiger partial charge is 0.353 e. The van der Waals surface area contributed by atoms with E-state index in [-0.39, 0.29) is 22.9 Å². The predicted octanol–water partition coefficient (Wildman–Crippen LogP) is -1.17. The summed E-state index contributed by atoms with van der Waals surface area (Å²) in [6.45, 7) is 0.616. The van der Waals surface area contributed by atoms with Crippen molar-refractivity contribution in [2.75, 3.05) is 12.4 Å². The summed E-state index contributed by atoms with van der Waals surface area (Å²) in [6.07, 6.45) is 1.08. The first-order valence-corrected chi connectivity index (χ1v) is 7.43. The van der Waals surface area contributed by atoms with Gasteiger partial charge in [-0.15, -0.1) is 11.8 Å². The van der Waals surface area contributed by atoms with E-state index in [4.69, 9.17) is 5.11 Å². The summed E-state index contributed by atoms with van der Waals surface area (Å²) in [5.41, 5.74) is -0.0261. The number of oxime groups is 1. The summed E-state index contributed by atoms with van der Waals surface area (Å²) in [7, 11) is 0. The number of thioether (sulfide) groups is 1. The molecule has 124 valence electrons. The third-order valence-electron chi connectivity index (χ3n) is 3.03. The molecule has 0 radical (unpaired) electrons. The van der Waals surface area contributed by atoms with Crippen molar-refractivity contribution >= 4 is 41.7 Å². The maximum Gasteiger partial charge on any atom is 0.353 e. The molecule has 0 aromatic rings. The molecule has 2 aliphatic heterocycles. The van der Waals surface area contributed by atoms with E-state index in [0.29, 0.717) is 0 Å². The lowest BCUT2D eigenvalue weighted by atomic mass is 10.0. The summed E-state index contributed by atoms with van der Waals surface area (Å²) in [5, 5.41) is 23.1. The van der Waals surface area contributed by atoms with Gasteiger partial charge in [-0.3, -0.25) is 14.5 Å². The molecule has 2 atom stereocenters. The molecular weight excluding hydrogens is 330 g/mol. The number of hydrogen-bond acceptors (Lipinski definition) is 7. The van der Waals surface area contributed by atoms with Crippen LogP contribution in [-0.4, -0.2) is 68.9 Å². The molecule has 2 aliphatic rings. The number of nitrogens with one attached hydrogen (secondary N) is 1. The standard InChI is InChI=1S/C12H13N3O7S/c1-5(16)14-8-10(19)15-9(12(20)21)6(4-23-11(8)15)2-13-22-3-7(17)18/h2,8,11H,3-4H2,1H3,(H,14,16)(H,17,18)(H,20,21)/b13-2+/t8-,11-/m1/s1. The molecule has 10 nitrogen and oxygen atoms in total. The van der Waals surface area contributed by atoms with Crippen molar-refractivity contribution in [3.05, 3.63) is 11.3 Å². The van der Waals surface area contributed by atoms with E-state index in [1.165, 1.54) is 18.7 Å². The number of nitrogens with zero attached hydrogens (tertiary/aromatic N) is 2. The van der Waals surface area contributed by atoms with Crippen molar-refractivity contribution in [1.29, 1.82) is 0 Å². The highest BCUT2D eigenvalue weighted by Gasteiger charge is 2.53. The minimum Gasteiger partial charge on any atom is -0.479 e. The van der Waals surface area contributed by atoms with Gasteiger partial charge in [-0.1, -0.05) is 5.16 Å². The first-order valence-electron chi connectivity index (χ1n) is 6.38. The fourth-order valence-electron chi connectivity index (χ4n) is 2.15. The maximum atomic E-state index is 12.1. The lowest BCUT2D eigenvalue weighted by molar-refractivity contribution is -0.150. The van der Waals surface area contributed by atoms with Gasteiger partial charge in [0.1, 0.15) is 17.1 Å². The van der Waals surface area contributed by atoms with Crippen LogP contribution in [0.3, 0.4) is 0 Å². The van der Waals surface area contributed by atoms with Gasteiger partial charge in [-0.2, -0.15) is 0 Å². The van der Waals surface area contributed by atoms with Crippen molar-refractivity contribution < 1.29 is 34.2 Å². The molecule has 2 heterocycles.